The Morgan fingerprint density at radius 1 is 1.04 bits per heavy atom. The number of carbonyl (C=O) groups excluding carboxylic acids is 1. The number of likely N-dealkylation sites (tertiary alicyclic amines) is 1. The Bertz CT molecular complexity index is 768. The van der Waals surface area contributed by atoms with Gasteiger partial charge in [-0.05, 0) is 63.3 Å². The number of amides is 1. The molecular formula is C19H23Cl2F2N3O. The molecule has 0 saturated carbocycles. The highest BCUT2D eigenvalue weighted by atomic mass is 35.5. The number of nitrogens with zero attached hydrogens (tertiary/aromatic N) is 1. The summed E-state index contributed by atoms with van der Waals surface area (Å²) in [5.74, 6) is -2.19. The largest absolute Gasteiger partial charge is 0.382 e. The number of anilines is 2. The van der Waals surface area contributed by atoms with Crippen LogP contribution in [0.3, 0.4) is 0 Å². The lowest BCUT2D eigenvalue weighted by atomic mass is 10.1. The third-order valence-corrected chi connectivity index (χ3v) is 4.39. The van der Waals surface area contributed by atoms with E-state index in [0.29, 0.717) is 17.8 Å². The molecular weight excluding hydrogens is 395 g/mol. The molecule has 4 nitrogen and oxygen atoms in total. The van der Waals surface area contributed by atoms with Gasteiger partial charge in [-0.25, -0.2) is 8.78 Å². The number of nitrogens with one attached hydrogen (secondary N) is 2. The maximum absolute atomic E-state index is 13.7. The number of carbonyl (C=O) groups is 1. The van der Waals surface area contributed by atoms with E-state index in [9.17, 15) is 13.6 Å². The molecule has 2 aromatic rings. The van der Waals surface area contributed by atoms with E-state index in [0.717, 1.165) is 43.8 Å². The van der Waals surface area contributed by atoms with Gasteiger partial charge >= 0.3 is 0 Å². The first-order chi connectivity index (χ1) is 12.0. The second kappa shape index (κ2) is 10.4. The summed E-state index contributed by atoms with van der Waals surface area (Å²) in [6.45, 7) is 2.11. The molecule has 1 fully saturated rings. The average molecular weight is 418 g/mol. The first-order valence-corrected chi connectivity index (χ1v) is 8.33. The van der Waals surface area contributed by atoms with Crippen molar-refractivity contribution >= 4 is 42.1 Å². The van der Waals surface area contributed by atoms with Gasteiger partial charge in [-0.1, -0.05) is 6.07 Å². The molecule has 1 aliphatic rings. The number of halogens is 4. The van der Waals surface area contributed by atoms with Crippen LogP contribution in [0.5, 0.6) is 0 Å². The Morgan fingerprint density at radius 3 is 2.37 bits per heavy atom. The maximum Gasteiger partial charge on any atom is 0.258 e. The summed E-state index contributed by atoms with van der Waals surface area (Å²) >= 11 is 0. The van der Waals surface area contributed by atoms with Crippen molar-refractivity contribution in [2.45, 2.75) is 18.9 Å². The quantitative estimate of drug-likeness (QED) is 0.765. The van der Waals surface area contributed by atoms with Gasteiger partial charge in [-0.2, -0.15) is 0 Å². The number of hydrogen-bond acceptors (Lipinski definition) is 3. The molecule has 0 atom stereocenters. The number of rotatable bonds is 4. The Hall–Kier alpha value is -1.89. The molecule has 1 heterocycles. The van der Waals surface area contributed by atoms with Crippen LogP contribution in [0.4, 0.5) is 20.2 Å². The van der Waals surface area contributed by atoms with E-state index in [1.54, 1.807) is 6.07 Å². The Labute approximate surface area is 170 Å². The van der Waals surface area contributed by atoms with Crippen molar-refractivity contribution in [3.8, 4) is 0 Å². The van der Waals surface area contributed by atoms with Gasteiger partial charge in [0.2, 0.25) is 0 Å². The van der Waals surface area contributed by atoms with Crippen LogP contribution in [-0.2, 0) is 0 Å². The third kappa shape index (κ3) is 6.34. The SMILES string of the molecule is CN1CCC(Nc2cccc(NC(=O)c3ccc(F)cc3F)c2)CC1.Cl.Cl. The third-order valence-electron chi connectivity index (χ3n) is 4.39. The zero-order valence-corrected chi connectivity index (χ0v) is 16.5. The fraction of sp³-hybridized carbons (Fsp3) is 0.316. The molecule has 0 aromatic heterocycles. The van der Waals surface area contributed by atoms with Crippen molar-refractivity contribution in [2.75, 3.05) is 30.8 Å². The minimum Gasteiger partial charge on any atom is -0.382 e. The predicted molar refractivity (Wildman–Crippen MR) is 109 cm³/mol. The molecule has 8 heteroatoms. The molecule has 1 amide bonds. The molecule has 1 aliphatic heterocycles. The molecule has 0 aliphatic carbocycles. The molecule has 0 spiro atoms. The summed E-state index contributed by atoms with van der Waals surface area (Å²) < 4.78 is 26.7. The Morgan fingerprint density at radius 2 is 1.70 bits per heavy atom. The van der Waals surface area contributed by atoms with Gasteiger partial charge in [0.1, 0.15) is 11.6 Å². The smallest absolute Gasteiger partial charge is 0.258 e. The van der Waals surface area contributed by atoms with Crippen LogP contribution < -0.4 is 10.6 Å². The summed E-state index contributed by atoms with van der Waals surface area (Å²) in [6.07, 6.45) is 2.13. The summed E-state index contributed by atoms with van der Waals surface area (Å²) in [5, 5.41) is 6.13. The van der Waals surface area contributed by atoms with Crippen LogP contribution in [0.2, 0.25) is 0 Å². The number of piperidine rings is 1. The van der Waals surface area contributed by atoms with Gasteiger partial charge in [-0.15, -0.1) is 24.8 Å². The van der Waals surface area contributed by atoms with Crippen molar-refractivity contribution in [3.05, 3.63) is 59.7 Å². The fourth-order valence-electron chi connectivity index (χ4n) is 2.95. The standard InChI is InChI=1S/C19H21F2N3O.2ClH/c1-24-9-7-14(8-10-24)22-15-3-2-4-16(12-15)23-19(25)17-6-5-13(20)11-18(17)21;;/h2-6,11-12,14,22H,7-10H2,1H3,(H,23,25);2*1H. The highest BCUT2D eigenvalue weighted by Crippen LogP contribution is 2.20. The van der Waals surface area contributed by atoms with E-state index in [1.807, 2.05) is 18.2 Å². The van der Waals surface area contributed by atoms with E-state index < -0.39 is 17.5 Å². The van der Waals surface area contributed by atoms with Crippen molar-refractivity contribution in [2.24, 2.45) is 0 Å². The molecule has 2 N–H and O–H groups in total. The van der Waals surface area contributed by atoms with E-state index >= 15 is 0 Å². The van der Waals surface area contributed by atoms with Crippen LogP contribution in [-0.4, -0.2) is 37.0 Å². The number of hydrogen-bond donors (Lipinski definition) is 2. The molecule has 2 aromatic carbocycles. The Balaban J connectivity index is 0.00000182. The van der Waals surface area contributed by atoms with Gasteiger partial charge in [0.25, 0.3) is 5.91 Å². The van der Waals surface area contributed by atoms with Crippen LogP contribution in [0.15, 0.2) is 42.5 Å². The monoisotopic (exact) mass is 417 g/mol. The molecule has 0 radical (unpaired) electrons. The van der Waals surface area contributed by atoms with E-state index in [1.165, 1.54) is 0 Å². The van der Waals surface area contributed by atoms with Crippen molar-refractivity contribution in [1.82, 2.24) is 4.90 Å². The molecule has 3 rings (SSSR count). The predicted octanol–water partition coefficient (Wildman–Crippen LogP) is 4.57. The van der Waals surface area contributed by atoms with Crippen LogP contribution >= 0.6 is 24.8 Å². The highest BCUT2D eigenvalue weighted by molar-refractivity contribution is 6.04. The van der Waals surface area contributed by atoms with Gasteiger partial charge in [-0.3, -0.25) is 4.79 Å². The average Bonchev–Trinajstić information content (AvgIpc) is 2.57. The topological polar surface area (TPSA) is 44.4 Å². The fourth-order valence-corrected chi connectivity index (χ4v) is 2.95. The number of benzene rings is 2. The van der Waals surface area contributed by atoms with Crippen molar-refractivity contribution < 1.29 is 13.6 Å². The van der Waals surface area contributed by atoms with Crippen LogP contribution in [0.1, 0.15) is 23.2 Å². The normalized spacial score (nSPS) is 14.6. The minimum absolute atomic E-state index is 0. The van der Waals surface area contributed by atoms with Gasteiger partial charge in [0.15, 0.2) is 0 Å². The molecule has 1 saturated heterocycles. The van der Waals surface area contributed by atoms with Crippen LogP contribution in [0, 0.1) is 11.6 Å². The molecule has 148 valence electrons. The van der Waals surface area contributed by atoms with E-state index in [2.05, 4.69) is 22.6 Å². The molecule has 27 heavy (non-hydrogen) atoms. The first-order valence-electron chi connectivity index (χ1n) is 8.33. The first kappa shape index (κ1) is 23.1. The van der Waals surface area contributed by atoms with Gasteiger partial charge in [0, 0.05) is 23.5 Å². The highest BCUT2D eigenvalue weighted by Gasteiger charge is 2.17. The van der Waals surface area contributed by atoms with Crippen LogP contribution in [0.25, 0.3) is 0 Å². The minimum atomic E-state index is -0.877. The van der Waals surface area contributed by atoms with Crippen molar-refractivity contribution in [1.29, 1.82) is 0 Å². The lowest BCUT2D eigenvalue weighted by Gasteiger charge is -2.30. The molecule has 0 bridgehead atoms. The lowest BCUT2D eigenvalue weighted by molar-refractivity contribution is 0.102. The maximum atomic E-state index is 13.7. The summed E-state index contributed by atoms with van der Waals surface area (Å²) in [5.41, 5.74) is 1.29. The summed E-state index contributed by atoms with van der Waals surface area (Å²) in [4.78, 5) is 14.5. The van der Waals surface area contributed by atoms with Gasteiger partial charge in [0.05, 0.1) is 5.56 Å². The second-order valence-electron chi connectivity index (χ2n) is 6.38. The second-order valence-corrected chi connectivity index (χ2v) is 6.38. The Kier molecular flexibility index (Phi) is 8.96. The van der Waals surface area contributed by atoms with E-state index in [4.69, 9.17) is 0 Å². The summed E-state index contributed by atoms with van der Waals surface area (Å²) in [7, 11) is 2.11. The lowest BCUT2D eigenvalue weighted by Crippen LogP contribution is -2.36. The van der Waals surface area contributed by atoms with Gasteiger partial charge < -0.3 is 15.5 Å². The van der Waals surface area contributed by atoms with Crippen molar-refractivity contribution in [3.63, 3.8) is 0 Å². The molecule has 0 unspecified atom stereocenters. The van der Waals surface area contributed by atoms with E-state index in [-0.39, 0.29) is 30.4 Å². The zero-order chi connectivity index (χ0) is 17.8. The zero-order valence-electron chi connectivity index (χ0n) is 14.9. The summed E-state index contributed by atoms with van der Waals surface area (Å²) in [6, 6.07) is 10.6.